The van der Waals surface area contributed by atoms with Crippen LogP contribution in [0.2, 0.25) is 0 Å². The third-order valence-electron chi connectivity index (χ3n) is 4.15. The van der Waals surface area contributed by atoms with Crippen molar-refractivity contribution in [3.8, 4) is 0 Å². The van der Waals surface area contributed by atoms with Crippen molar-refractivity contribution in [2.75, 3.05) is 11.9 Å². The molecule has 0 unspecified atom stereocenters. The number of hydrogen-bond acceptors (Lipinski definition) is 6. The summed E-state index contributed by atoms with van der Waals surface area (Å²) in [5.74, 6) is -1.57. The molecular weight excluding hydrogens is 386 g/mol. The Hall–Kier alpha value is -4.01. The van der Waals surface area contributed by atoms with Crippen molar-refractivity contribution in [3.63, 3.8) is 0 Å². The number of carbonyl (C=O) groups excluding carboxylic acids is 3. The topological polar surface area (TPSA) is 115 Å². The molecule has 2 N–H and O–H groups in total. The molecule has 0 fully saturated rings. The maximum absolute atomic E-state index is 12.0. The van der Waals surface area contributed by atoms with E-state index in [0.29, 0.717) is 12.2 Å². The van der Waals surface area contributed by atoms with Gasteiger partial charge < -0.3 is 10.1 Å². The summed E-state index contributed by atoms with van der Waals surface area (Å²) in [6.07, 6.45) is 1.43. The van der Waals surface area contributed by atoms with E-state index in [1.54, 1.807) is 6.07 Å². The van der Waals surface area contributed by atoms with Crippen LogP contribution in [0.3, 0.4) is 0 Å². The van der Waals surface area contributed by atoms with E-state index in [9.17, 15) is 14.4 Å². The van der Waals surface area contributed by atoms with Crippen molar-refractivity contribution in [3.05, 3.63) is 77.1 Å². The van der Waals surface area contributed by atoms with E-state index in [-0.39, 0.29) is 5.69 Å². The molecule has 0 saturated carbocycles. The molecule has 9 nitrogen and oxygen atoms in total. The van der Waals surface area contributed by atoms with Crippen LogP contribution in [0.5, 0.6) is 0 Å². The summed E-state index contributed by atoms with van der Waals surface area (Å²) in [5, 5.41) is 12.3. The Balaban J connectivity index is 1.46. The molecule has 0 aliphatic rings. The first-order chi connectivity index (χ1) is 14.4. The minimum absolute atomic E-state index is 0.0292. The summed E-state index contributed by atoms with van der Waals surface area (Å²) in [5.41, 5.74) is 3.47. The highest BCUT2D eigenvalue weighted by atomic mass is 16.5. The molecular formula is C21H21N5O4. The minimum Gasteiger partial charge on any atom is -0.451 e. The van der Waals surface area contributed by atoms with Crippen molar-refractivity contribution >= 4 is 23.6 Å². The number of benzene rings is 2. The van der Waals surface area contributed by atoms with Crippen LogP contribution in [-0.4, -0.2) is 39.5 Å². The molecule has 3 amide bonds. The lowest BCUT2D eigenvalue weighted by molar-refractivity contribution is -0.123. The molecule has 1 aromatic heterocycles. The lowest BCUT2D eigenvalue weighted by Crippen LogP contribution is -2.37. The number of aromatic nitrogens is 3. The van der Waals surface area contributed by atoms with Gasteiger partial charge in [0.1, 0.15) is 0 Å². The normalized spacial score (nSPS) is 10.3. The molecule has 0 aliphatic carbocycles. The van der Waals surface area contributed by atoms with Crippen molar-refractivity contribution in [2.24, 2.45) is 0 Å². The van der Waals surface area contributed by atoms with Gasteiger partial charge in [0.15, 0.2) is 12.3 Å². The Kier molecular flexibility index (Phi) is 6.53. The van der Waals surface area contributed by atoms with Gasteiger partial charge in [0.25, 0.3) is 5.91 Å². The lowest BCUT2D eigenvalue weighted by atomic mass is 10.1. The molecule has 0 bridgehead atoms. The van der Waals surface area contributed by atoms with Crippen LogP contribution in [0.15, 0.2) is 54.7 Å². The Morgan fingerprint density at radius 1 is 1.07 bits per heavy atom. The average Bonchev–Trinajstić information content (AvgIpc) is 3.17. The summed E-state index contributed by atoms with van der Waals surface area (Å²) in [6, 6.07) is 14.3. The van der Waals surface area contributed by atoms with E-state index >= 15 is 0 Å². The molecule has 9 heteroatoms. The highest BCUT2D eigenvalue weighted by molar-refractivity contribution is 6.02. The number of imide groups is 1. The zero-order chi connectivity index (χ0) is 21.5. The number of hydrogen-bond donors (Lipinski definition) is 2. The molecule has 0 aliphatic heterocycles. The quantitative estimate of drug-likeness (QED) is 0.607. The van der Waals surface area contributed by atoms with Gasteiger partial charge in [-0.2, -0.15) is 0 Å². The molecule has 30 heavy (non-hydrogen) atoms. The lowest BCUT2D eigenvalue weighted by Gasteiger charge is -2.09. The number of esters is 1. The summed E-state index contributed by atoms with van der Waals surface area (Å²) >= 11 is 0. The van der Waals surface area contributed by atoms with Crippen LogP contribution in [0, 0.1) is 13.8 Å². The predicted molar refractivity (Wildman–Crippen MR) is 109 cm³/mol. The molecule has 2 aromatic carbocycles. The van der Waals surface area contributed by atoms with Crippen molar-refractivity contribution in [1.29, 1.82) is 0 Å². The molecule has 0 spiro atoms. The number of anilines is 1. The standard InChI is InChI=1S/C21H21N5O4/c1-14-8-9-17(15(2)10-14)22-21(29)23-19(27)13-30-20(28)18-12-26(25-24-18)11-16-6-4-3-5-7-16/h3-10,12H,11,13H2,1-2H3,(H2,22,23,27,29). The summed E-state index contributed by atoms with van der Waals surface area (Å²) in [6.45, 7) is 3.61. The number of amides is 3. The van der Waals surface area contributed by atoms with E-state index in [1.807, 2.05) is 56.3 Å². The summed E-state index contributed by atoms with van der Waals surface area (Å²) in [4.78, 5) is 35.9. The zero-order valence-electron chi connectivity index (χ0n) is 16.6. The third kappa shape index (κ3) is 5.74. The van der Waals surface area contributed by atoms with Gasteiger partial charge in [-0.3, -0.25) is 10.1 Å². The van der Waals surface area contributed by atoms with Gasteiger partial charge in [-0.25, -0.2) is 14.3 Å². The van der Waals surface area contributed by atoms with E-state index in [4.69, 9.17) is 4.74 Å². The maximum Gasteiger partial charge on any atom is 0.361 e. The van der Waals surface area contributed by atoms with Crippen molar-refractivity contribution < 1.29 is 19.1 Å². The van der Waals surface area contributed by atoms with Crippen LogP contribution in [0.4, 0.5) is 10.5 Å². The molecule has 0 atom stereocenters. The molecule has 154 valence electrons. The number of carbonyl (C=O) groups is 3. The van der Waals surface area contributed by atoms with E-state index in [2.05, 4.69) is 20.9 Å². The van der Waals surface area contributed by atoms with Gasteiger partial charge in [0.05, 0.1) is 12.7 Å². The van der Waals surface area contributed by atoms with Gasteiger partial charge in [0.2, 0.25) is 0 Å². The van der Waals surface area contributed by atoms with Gasteiger partial charge in [-0.05, 0) is 31.0 Å². The van der Waals surface area contributed by atoms with Crippen LogP contribution in [0.1, 0.15) is 27.2 Å². The fraction of sp³-hybridized carbons (Fsp3) is 0.190. The average molecular weight is 407 g/mol. The van der Waals surface area contributed by atoms with Gasteiger partial charge >= 0.3 is 12.0 Å². The van der Waals surface area contributed by atoms with Crippen molar-refractivity contribution in [2.45, 2.75) is 20.4 Å². The first-order valence-electron chi connectivity index (χ1n) is 9.20. The number of urea groups is 1. The number of rotatable bonds is 6. The Bertz CT molecular complexity index is 1060. The van der Waals surface area contributed by atoms with E-state index in [1.165, 1.54) is 10.9 Å². The zero-order valence-corrected chi connectivity index (χ0v) is 16.6. The van der Waals surface area contributed by atoms with Gasteiger partial charge in [-0.1, -0.05) is 53.2 Å². The summed E-state index contributed by atoms with van der Waals surface area (Å²) in [7, 11) is 0. The monoisotopic (exact) mass is 407 g/mol. The largest absolute Gasteiger partial charge is 0.451 e. The minimum atomic E-state index is -0.806. The second-order valence-electron chi connectivity index (χ2n) is 6.68. The first kappa shape index (κ1) is 20.7. The third-order valence-corrected chi connectivity index (χ3v) is 4.15. The number of nitrogens with one attached hydrogen (secondary N) is 2. The molecule has 3 aromatic rings. The number of ether oxygens (including phenoxy) is 1. The maximum atomic E-state index is 12.0. The Labute approximate surface area is 173 Å². The smallest absolute Gasteiger partial charge is 0.361 e. The van der Waals surface area contributed by atoms with Crippen LogP contribution >= 0.6 is 0 Å². The van der Waals surface area contributed by atoms with E-state index in [0.717, 1.165) is 16.7 Å². The fourth-order valence-corrected chi connectivity index (χ4v) is 2.71. The highest BCUT2D eigenvalue weighted by Crippen LogP contribution is 2.15. The first-order valence-corrected chi connectivity index (χ1v) is 9.20. The SMILES string of the molecule is Cc1ccc(NC(=O)NC(=O)COC(=O)c2cn(Cc3ccccc3)nn2)c(C)c1. The second-order valence-corrected chi connectivity index (χ2v) is 6.68. The molecule has 3 rings (SSSR count). The molecule has 1 heterocycles. The van der Waals surface area contributed by atoms with Gasteiger partial charge in [0, 0.05) is 5.69 Å². The molecule has 0 radical (unpaired) electrons. The van der Waals surface area contributed by atoms with Crippen LogP contribution < -0.4 is 10.6 Å². The predicted octanol–water partition coefficient (Wildman–Crippen LogP) is 2.45. The number of aryl methyl sites for hydroxylation is 2. The summed E-state index contributed by atoms with van der Waals surface area (Å²) < 4.78 is 6.39. The van der Waals surface area contributed by atoms with E-state index < -0.39 is 24.5 Å². The molecule has 0 saturated heterocycles. The van der Waals surface area contributed by atoms with Gasteiger partial charge in [-0.15, -0.1) is 5.10 Å². The van der Waals surface area contributed by atoms with Crippen LogP contribution in [-0.2, 0) is 16.1 Å². The van der Waals surface area contributed by atoms with Crippen LogP contribution in [0.25, 0.3) is 0 Å². The fourth-order valence-electron chi connectivity index (χ4n) is 2.71. The highest BCUT2D eigenvalue weighted by Gasteiger charge is 2.16. The Morgan fingerprint density at radius 3 is 2.57 bits per heavy atom. The number of nitrogens with zero attached hydrogens (tertiary/aromatic N) is 3. The van der Waals surface area contributed by atoms with Crippen molar-refractivity contribution in [1.82, 2.24) is 20.3 Å². The Morgan fingerprint density at radius 2 is 1.83 bits per heavy atom. The second kappa shape index (κ2) is 9.46.